The van der Waals surface area contributed by atoms with Gasteiger partial charge in [0, 0.05) is 25.7 Å². The van der Waals surface area contributed by atoms with E-state index in [1.165, 1.54) is 24.6 Å². The van der Waals surface area contributed by atoms with Crippen molar-refractivity contribution in [2.45, 2.75) is 48.4 Å². The summed E-state index contributed by atoms with van der Waals surface area (Å²) in [7, 11) is 1.74. The third-order valence-corrected chi connectivity index (χ3v) is 5.25. The summed E-state index contributed by atoms with van der Waals surface area (Å²) in [4.78, 5) is 30.4. The van der Waals surface area contributed by atoms with Crippen molar-refractivity contribution in [2.75, 3.05) is 11.9 Å². The molecule has 6 heteroatoms. The van der Waals surface area contributed by atoms with Crippen molar-refractivity contribution >= 4 is 29.3 Å². The zero-order chi connectivity index (χ0) is 14.8. The molecule has 1 N–H and O–H groups in total. The van der Waals surface area contributed by atoms with Crippen molar-refractivity contribution in [3.05, 3.63) is 18.3 Å². The van der Waals surface area contributed by atoms with Gasteiger partial charge in [-0.3, -0.25) is 9.59 Å². The van der Waals surface area contributed by atoms with Crippen LogP contribution in [-0.2, 0) is 9.59 Å². The molecule has 0 radical (unpaired) electrons. The predicted octanol–water partition coefficient (Wildman–Crippen LogP) is 1.97. The average molecular weight is 305 g/mol. The van der Waals surface area contributed by atoms with Gasteiger partial charge < -0.3 is 10.2 Å². The Kier molecular flexibility index (Phi) is 4.14. The summed E-state index contributed by atoms with van der Waals surface area (Å²) < 4.78 is 0. The van der Waals surface area contributed by atoms with Gasteiger partial charge in [0.15, 0.2) is 0 Å². The van der Waals surface area contributed by atoms with Gasteiger partial charge >= 0.3 is 0 Å². The van der Waals surface area contributed by atoms with E-state index >= 15 is 0 Å². The number of hydrogen-bond acceptors (Lipinski definition) is 4. The fourth-order valence-electron chi connectivity index (χ4n) is 2.90. The number of carbonyl (C=O) groups excluding carboxylic acids is 2. The molecule has 2 amide bonds. The topological polar surface area (TPSA) is 62.3 Å². The zero-order valence-electron chi connectivity index (χ0n) is 12.0. The molecule has 0 aromatic carbocycles. The lowest BCUT2D eigenvalue weighted by molar-refractivity contribution is -0.125. The Morgan fingerprint density at radius 3 is 3.00 bits per heavy atom. The number of rotatable bonds is 3. The number of carbonyl (C=O) groups is 2. The molecule has 0 bridgehead atoms. The van der Waals surface area contributed by atoms with Gasteiger partial charge in [-0.1, -0.05) is 24.6 Å². The van der Waals surface area contributed by atoms with Crippen LogP contribution in [0.25, 0.3) is 0 Å². The normalized spacial score (nSPS) is 22.2. The first kappa shape index (κ1) is 14.4. The molecule has 1 atom stereocenters. The lowest BCUT2D eigenvalue weighted by atomic mass is 10.2. The minimum Gasteiger partial charge on any atom is -0.353 e. The molecule has 0 saturated heterocycles. The maximum absolute atomic E-state index is 12.4. The second-order valence-electron chi connectivity index (χ2n) is 5.58. The standard InChI is InChI=1S/C15H19N3O2S/c1-18-11-7-4-8-16-14(11)21-12(15(18)20)9-13(19)17-10-5-2-3-6-10/h4,7-8,10,12H,2-3,5-6,9H2,1H3,(H,17,19)/t12-/m1/s1. The van der Waals surface area contributed by atoms with E-state index in [2.05, 4.69) is 10.3 Å². The highest BCUT2D eigenvalue weighted by molar-refractivity contribution is 8.00. The van der Waals surface area contributed by atoms with Gasteiger partial charge in [0.05, 0.1) is 10.9 Å². The van der Waals surface area contributed by atoms with E-state index in [1.807, 2.05) is 12.1 Å². The molecule has 1 saturated carbocycles. The van der Waals surface area contributed by atoms with Crippen molar-refractivity contribution in [2.24, 2.45) is 0 Å². The summed E-state index contributed by atoms with van der Waals surface area (Å²) in [6, 6.07) is 3.99. The number of pyridine rings is 1. The van der Waals surface area contributed by atoms with Crippen LogP contribution < -0.4 is 10.2 Å². The number of amides is 2. The minimum atomic E-state index is -0.376. The first-order valence-corrected chi connectivity index (χ1v) is 8.21. The lowest BCUT2D eigenvalue weighted by Gasteiger charge is -2.29. The van der Waals surface area contributed by atoms with Crippen molar-refractivity contribution in [1.82, 2.24) is 10.3 Å². The lowest BCUT2D eigenvalue weighted by Crippen LogP contribution is -2.42. The first-order chi connectivity index (χ1) is 10.1. The first-order valence-electron chi connectivity index (χ1n) is 7.34. The second kappa shape index (κ2) is 6.05. The number of thioether (sulfide) groups is 1. The molecule has 0 spiro atoms. The highest BCUT2D eigenvalue weighted by Crippen LogP contribution is 2.37. The Labute approximate surface area is 128 Å². The van der Waals surface area contributed by atoms with Crippen LogP contribution in [0.1, 0.15) is 32.1 Å². The Bertz CT molecular complexity index is 558. The molecule has 3 rings (SSSR count). The Hall–Kier alpha value is -1.56. The molecule has 21 heavy (non-hydrogen) atoms. The number of hydrogen-bond donors (Lipinski definition) is 1. The van der Waals surface area contributed by atoms with Gasteiger partial charge in [-0.2, -0.15) is 0 Å². The maximum atomic E-state index is 12.4. The van der Waals surface area contributed by atoms with E-state index in [-0.39, 0.29) is 23.5 Å². The van der Waals surface area contributed by atoms with E-state index in [0.29, 0.717) is 6.04 Å². The van der Waals surface area contributed by atoms with Crippen LogP contribution in [0.5, 0.6) is 0 Å². The average Bonchev–Trinajstić information content (AvgIpc) is 2.97. The molecular formula is C15H19N3O2S. The number of nitrogens with one attached hydrogen (secondary N) is 1. The van der Waals surface area contributed by atoms with E-state index in [1.54, 1.807) is 18.1 Å². The van der Waals surface area contributed by atoms with Crippen LogP contribution in [0.4, 0.5) is 5.69 Å². The number of nitrogens with zero attached hydrogens (tertiary/aromatic N) is 2. The Morgan fingerprint density at radius 2 is 2.24 bits per heavy atom. The van der Waals surface area contributed by atoms with Crippen LogP contribution in [0.3, 0.4) is 0 Å². The number of anilines is 1. The zero-order valence-corrected chi connectivity index (χ0v) is 12.9. The SMILES string of the molecule is CN1C(=O)[C@@H](CC(=O)NC2CCCC2)Sc2ncccc21. The van der Waals surface area contributed by atoms with Gasteiger partial charge in [-0.25, -0.2) is 4.98 Å². The van der Waals surface area contributed by atoms with E-state index < -0.39 is 0 Å². The van der Waals surface area contributed by atoms with Crippen molar-refractivity contribution in [3.63, 3.8) is 0 Å². The monoisotopic (exact) mass is 305 g/mol. The molecule has 1 aliphatic carbocycles. The van der Waals surface area contributed by atoms with Gasteiger partial charge in [-0.15, -0.1) is 0 Å². The van der Waals surface area contributed by atoms with Crippen molar-refractivity contribution < 1.29 is 9.59 Å². The van der Waals surface area contributed by atoms with Crippen molar-refractivity contribution in [1.29, 1.82) is 0 Å². The third kappa shape index (κ3) is 3.05. The molecular weight excluding hydrogens is 286 g/mol. The molecule has 112 valence electrons. The highest BCUT2D eigenvalue weighted by Gasteiger charge is 2.34. The second-order valence-corrected chi connectivity index (χ2v) is 6.78. The molecule has 2 heterocycles. The molecule has 0 unspecified atom stereocenters. The number of aromatic nitrogens is 1. The van der Waals surface area contributed by atoms with Crippen LogP contribution in [-0.4, -0.2) is 35.1 Å². The quantitative estimate of drug-likeness (QED) is 0.927. The fourth-order valence-corrected chi connectivity index (χ4v) is 4.11. The number of fused-ring (bicyclic) bond motifs is 1. The molecule has 1 aromatic heterocycles. The summed E-state index contributed by atoms with van der Waals surface area (Å²) >= 11 is 1.39. The van der Waals surface area contributed by atoms with Crippen LogP contribution in [0.15, 0.2) is 23.4 Å². The van der Waals surface area contributed by atoms with E-state index in [9.17, 15) is 9.59 Å². The van der Waals surface area contributed by atoms with E-state index in [4.69, 9.17) is 0 Å². The third-order valence-electron chi connectivity index (χ3n) is 4.06. The largest absolute Gasteiger partial charge is 0.353 e. The summed E-state index contributed by atoms with van der Waals surface area (Å²) in [5, 5.41) is 3.48. The van der Waals surface area contributed by atoms with E-state index in [0.717, 1.165) is 23.6 Å². The van der Waals surface area contributed by atoms with Crippen LogP contribution >= 0.6 is 11.8 Å². The Balaban J connectivity index is 1.66. The van der Waals surface area contributed by atoms with Crippen LogP contribution in [0, 0.1) is 0 Å². The van der Waals surface area contributed by atoms with Gasteiger partial charge in [0.1, 0.15) is 5.03 Å². The maximum Gasteiger partial charge on any atom is 0.240 e. The fraction of sp³-hybridized carbons (Fsp3) is 0.533. The summed E-state index contributed by atoms with van der Waals surface area (Å²) in [5.41, 5.74) is 0.819. The Morgan fingerprint density at radius 1 is 1.48 bits per heavy atom. The minimum absolute atomic E-state index is 0.0259. The molecule has 1 aliphatic heterocycles. The molecule has 2 aliphatic rings. The van der Waals surface area contributed by atoms with Crippen LogP contribution in [0.2, 0.25) is 0 Å². The summed E-state index contributed by atoms with van der Waals surface area (Å²) in [5.74, 6) is -0.0531. The highest BCUT2D eigenvalue weighted by atomic mass is 32.2. The van der Waals surface area contributed by atoms with Gasteiger partial charge in [0.2, 0.25) is 11.8 Å². The smallest absolute Gasteiger partial charge is 0.240 e. The van der Waals surface area contributed by atoms with Gasteiger partial charge in [0.25, 0.3) is 0 Å². The van der Waals surface area contributed by atoms with Crippen molar-refractivity contribution in [3.8, 4) is 0 Å². The molecule has 1 aromatic rings. The van der Waals surface area contributed by atoms with Gasteiger partial charge in [-0.05, 0) is 25.0 Å². The summed E-state index contributed by atoms with van der Waals surface area (Å²) in [6.07, 6.45) is 6.42. The molecule has 5 nitrogen and oxygen atoms in total. The predicted molar refractivity (Wildman–Crippen MR) is 82.3 cm³/mol. The summed E-state index contributed by atoms with van der Waals surface area (Å²) in [6.45, 7) is 0. The molecule has 1 fully saturated rings.